The zero-order valence-electron chi connectivity index (χ0n) is 6.95. The van der Waals surface area contributed by atoms with Crippen LogP contribution >= 0.6 is 11.3 Å². The zero-order valence-corrected chi connectivity index (χ0v) is 7.77. The van der Waals surface area contributed by atoms with E-state index >= 15 is 0 Å². The Labute approximate surface area is 71.5 Å². The quantitative estimate of drug-likeness (QED) is 0.753. The highest BCUT2D eigenvalue weighted by Gasteiger charge is 2.13. The lowest BCUT2D eigenvalue weighted by Gasteiger charge is -2.15. The van der Waals surface area contributed by atoms with E-state index in [2.05, 4.69) is 18.8 Å². The summed E-state index contributed by atoms with van der Waals surface area (Å²) in [6.07, 6.45) is 2.93. The Morgan fingerprint density at radius 1 is 1.73 bits per heavy atom. The summed E-state index contributed by atoms with van der Waals surface area (Å²) in [5, 5.41) is 0. The molecule has 62 valence electrons. The Bertz CT molecular complexity index is 196. The molecule has 0 saturated heterocycles. The third-order valence-corrected chi connectivity index (χ3v) is 2.99. The highest BCUT2D eigenvalue weighted by Crippen LogP contribution is 2.22. The van der Waals surface area contributed by atoms with Crippen molar-refractivity contribution in [1.82, 2.24) is 4.98 Å². The van der Waals surface area contributed by atoms with Crippen LogP contribution < -0.4 is 5.73 Å². The van der Waals surface area contributed by atoms with Crippen molar-refractivity contribution < 1.29 is 0 Å². The molecule has 1 aromatic heterocycles. The highest BCUT2D eigenvalue weighted by atomic mass is 32.1. The van der Waals surface area contributed by atoms with Gasteiger partial charge in [0.2, 0.25) is 0 Å². The van der Waals surface area contributed by atoms with Crippen molar-refractivity contribution in [1.29, 1.82) is 0 Å². The molecule has 2 N–H and O–H groups in total. The maximum absolute atomic E-state index is 5.89. The number of nitrogens with two attached hydrogens (primary N) is 1. The van der Waals surface area contributed by atoms with Gasteiger partial charge >= 0.3 is 0 Å². The summed E-state index contributed by atoms with van der Waals surface area (Å²) in [5.41, 5.74) is 7.74. The SMILES string of the molecule is CCC(N)C(C)c1cncs1. The molecule has 0 bridgehead atoms. The molecular weight excluding hydrogens is 156 g/mol. The van der Waals surface area contributed by atoms with E-state index < -0.39 is 0 Å². The molecule has 1 rings (SSSR count). The molecule has 2 nitrogen and oxygen atoms in total. The van der Waals surface area contributed by atoms with Crippen LogP contribution in [0, 0.1) is 0 Å². The van der Waals surface area contributed by atoms with Crippen LogP contribution in [0.2, 0.25) is 0 Å². The fourth-order valence-corrected chi connectivity index (χ4v) is 1.77. The molecule has 0 aliphatic heterocycles. The van der Waals surface area contributed by atoms with Crippen molar-refractivity contribution in [2.24, 2.45) is 5.73 Å². The standard InChI is InChI=1S/C8H14N2S/c1-3-7(9)6(2)8-4-10-5-11-8/h4-7H,3,9H2,1-2H3. The molecule has 1 aromatic rings. The minimum atomic E-state index is 0.274. The fraction of sp³-hybridized carbons (Fsp3) is 0.625. The normalized spacial score (nSPS) is 16.3. The molecule has 0 aliphatic rings. The fourth-order valence-electron chi connectivity index (χ4n) is 1.02. The van der Waals surface area contributed by atoms with E-state index in [0.717, 1.165) is 6.42 Å². The van der Waals surface area contributed by atoms with Crippen molar-refractivity contribution in [3.63, 3.8) is 0 Å². The second-order valence-corrected chi connectivity index (χ2v) is 3.68. The topological polar surface area (TPSA) is 38.9 Å². The van der Waals surface area contributed by atoms with Gasteiger partial charge in [0, 0.05) is 23.0 Å². The molecule has 0 aromatic carbocycles. The molecule has 0 amide bonds. The molecule has 11 heavy (non-hydrogen) atoms. The van der Waals surface area contributed by atoms with E-state index in [1.165, 1.54) is 4.88 Å². The summed E-state index contributed by atoms with van der Waals surface area (Å²) >= 11 is 1.68. The number of hydrogen-bond donors (Lipinski definition) is 1. The van der Waals surface area contributed by atoms with Gasteiger partial charge in [-0.15, -0.1) is 11.3 Å². The molecule has 0 saturated carbocycles. The first-order chi connectivity index (χ1) is 5.25. The summed E-state index contributed by atoms with van der Waals surface area (Å²) < 4.78 is 0. The van der Waals surface area contributed by atoms with Gasteiger partial charge in [-0.3, -0.25) is 4.98 Å². The van der Waals surface area contributed by atoms with Gasteiger partial charge in [-0.2, -0.15) is 0 Å². The van der Waals surface area contributed by atoms with Gasteiger partial charge in [-0.25, -0.2) is 0 Å². The third kappa shape index (κ3) is 2.01. The predicted octanol–water partition coefficient (Wildman–Crippen LogP) is 1.98. The first kappa shape index (κ1) is 8.68. The Morgan fingerprint density at radius 3 is 2.91 bits per heavy atom. The Balaban J connectivity index is 2.62. The lowest BCUT2D eigenvalue weighted by molar-refractivity contribution is 0.557. The van der Waals surface area contributed by atoms with E-state index in [-0.39, 0.29) is 6.04 Å². The van der Waals surface area contributed by atoms with E-state index in [4.69, 9.17) is 5.73 Å². The zero-order chi connectivity index (χ0) is 8.27. The van der Waals surface area contributed by atoms with Crippen LogP contribution in [-0.4, -0.2) is 11.0 Å². The van der Waals surface area contributed by atoms with Gasteiger partial charge in [0.05, 0.1) is 5.51 Å². The number of hydrogen-bond acceptors (Lipinski definition) is 3. The van der Waals surface area contributed by atoms with Crippen LogP contribution in [0.25, 0.3) is 0 Å². The van der Waals surface area contributed by atoms with Crippen molar-refractivity contribution >= 4 is 11.3 Å². The second kappa shape index (κ2) is 3.83. The van der Waals surface area contributed by atoms with Crippen LogP contribution in [0.3, 0.4) is 0 Å². The molecule has 0 fully saturated rings. The van der Waals surface area contributed by atoms with Crippen molar-refractivity contribution in [2.45, 2.75) is 32.2 Å². The van der Waals surface area contributed by atoms with Crippen LogP contribution in [0.1, 0.15) is 31.1 Å². The molecule has 0 spiro atoms. The molecule has 2 unspecified atom stereocenters. The number of rotatable bonds is 3. The van der Waals surface area contributed by atoms with Gasteiger partial charge in [0.1, 0.15) is 0 Å². The maximum Gasteiger partial charge on any atom is 0.0794 e. The predicted molar refractivity (Wildman–Crippen MR) is 48.8 cm³/mol. The first-order valence-corrected chi connectivity index (χ1v) is 4.77. The molecule has 2 atom stereocenters. The highest BCUT2D eigenvalue weighted by molar-refractivity contribution is 7.09. The maximum atomic E-state index is 5.89. The average molecular weight is 170 g/mol. The minimum absolute atomic E-state index is 0.274. The van der Waals surface area contributed by atoms with Gasteiger partial charge in [0.25, 0.3) is 0 Å². The average Bonchev–Trinajstić information content (AvgIpc) is 2.53. The van der Waals surface area contributed by atoms with E-state index in [0.29, 0.717) is 5.92 Å². The summed E-state index contributed by atoms with van der Waals surface area (Å²) in [4.78, 5) is 5.31. The van der Waals surface area contributed by atoms with Crippen molar-refractivity contribution in [3.05, 3.63) is 16.6 Å². The van der Waals surface area contributed by atoms with E-state index in [1.807, 2.05) is 11.7 Å². The van der Waals surface area contributed by atoms with Crippen LogP contribution in [0.4, 0.5) is 0 Å². The summed E-state index contributed by atoms with van der Waals surface area (Å²) in [6, 6.07) is 0.274. The smallest absolute Gasteiger partial charge is 0.0794 e. The van der Waals surface area contributed by atoms with E-state index in [9.17, 15) is 0 Å². The third-order valence-electron chi connectivity index (χ3n) is 2.01. The molecule has 1 heterocycles. The second-order valence-electron chi connectivity index (χ2n) is 2.76. The van der Waals surface area contributed by atoms with E-state index in [1.54, 1.807) is 11.3 Å². The van der Waals surface area contributed by atoms with Crippen LogP contribution in [0.5, 0.6) is 0 Å². The molecular formula is C8H14N2S. The molecule has 0 aliphatic carbocycles. The minimum Gasteiger partial charge on any atom is -0.327 e. The van der Waals surface area contributed by atoms with Crippen LogP contribution in [0.15, 0.2) is 11.7 Å². The van der Waals surface area contributed by atoms with Gasteiger partial charge in [0.15, 0.2) is 0 Å². The van der Waals surface area contributed by atoms with Gasteiger partial charge < -0.3 is 5.73 Å². The summed E-state index contributed by atoms with van der Waals surface area (Å²) in [6.45, 7) is 4.27. The molecule has 3 heteroatoms. The van der Waals surface area contributed by atoms with Gasteiger partial charge in [-0.1, -0.05) is 13.8 Å². The Kier molecular flexibility index (Phi) is 3.02. The Morgan fingerprint density at radius 2 is 2.45 bits per heavy atom. The van der Waals surface area contributed by atoms with Crippen molar-refractivity contribution in [3.8, 4) is 0 Å². The lowest BCUT2D eigenvalue weighted by Crippen LogP contribution is -2.24. The van der Waals surface area contributed by atoms with Gasteiger partial charge in [-0.05, 0) is 6.42 Å². The monoisotopic (exact) mass is 170 g/mol. The summed E-state index contributed by atoms with van der Waals surface area (Å²) in [7, 11) is 0. The van der Waals surface area contributed by atoms with Crippen LogP contribution in [-0.2, 0) is 0 Å². The van der Waals surface area contributed by atoms with Crippen molar-refractivity contribution in [2.75, 3.05) is 0 Å². The summed E-state index contributed by atoms with van der Waals surface area (Å²) in [5.74, 6) is 0.451. The number of thiazole rings is 1. The lowest BCUT2D eigenvalue weighted by atomic mass is 10.00. The molecule has 0 radical (unpaired) electrons. The Hall–Kier alpha value is -0.410. The number of aromatic nitrogens is 1. The first-order valence-electron chi connectivity index (χ1n) is 3.89. The largest absolute Gasteiger partial charge is 0.327 e. The number of nitrogens with zero attached hydrogens (tertiary/aromatic N) is 1.